The number of nitriles is 1. The maximum atomic E-state index is 12.3. The average molecular weight is 315 g/mol. The third kappa shape index (κ3) is 3.03. The van der Waals surface area contributed by atoms with Crippen molar-refractivity contribution in [2.45, 2.75) is 25.0 Å². The predicted octanol–water partition coefficient (Wildman–Crippen LogP) is 1.17. The summed E-state index contributed by atoms with van der Waals surface area (Å²) in [6.45, 7) is 2.03. The van der Waals surface area contributed by atoms with Gasteiger partial charge in [0.05, 0.1) is 12.7 Å². The van der Waals surface area contributed by atoms with E-state index in [0.29, 0.717) is 16.9 Å². The molecule has 0 aliphatic carbocycles. The van der Waals surface area contributed by atoms with Gasteiger partial charge in [0.15, 0.2) is 0 Å². The number of aliphatic hydroxyl groups excluding tert-OH is 1. The molecule has 1 aromatic carbocycles. The van der Waals surface area contributed by atoms with Crippen LogP contribution in [0.3, 0.4) is 0 Å². The fraction of sp³-hybridized carbons (Fsp3) is 0.529. The van der Waals surface area contributed by atoms with E-state index >= 15 is 0 Å². The number of hydrogen-bond acceptors (Lipinski definition) is 5. The second-order valence-electron chi connectivity index (χ2n) is 6.12. The van der Waals surface area contributed by atoms with E-state index in [1.165, 1.54) is 4.90 Å². The Kier molecular flexibility index (Phi) is 4.51. The first-order valence-electron chi connectivity index (χ1n) is 7.94. The molecule has 1 atom stereocenters. The maximum Gasteiger partial charge on any atom is 0.255 e. The standard InChI is InChI=1S/C17H21N3O3/c1-19-6-4-12(5-7-19)23-13-2-3-14-15(10-13)16(11-18)20(8-9-21)17(14)22/h2-3,10,12,16,21H,4-9H2,1H3. The smallest absolute Gasteiger partial charge is 0.255 e. The molecule has 1 N–H and O–H groups in total. The molecule has 0 spiro atoms. The molecule has 1 aromatic rings. The Morgan fingerprint density at radius 2 is 2.13 bits per heavy atom. The van der Waals surface area contributed by atoms with Crippen molar-refractivity contribution >= 4 is 5.91 Å². The molecule has 0 saturated carbocycles. The summed E-state index contributed by atoms with van der Waals surface area (Å²) in [7, 11) is 2.10. The topological polar surface area (TPSA) is 76.8 Å². The highest BCUT2D eigenvalue weighted by molar-refractivity contribution is 5.99. The van der Waals surface area contributed by atoms with Gasteiger partial charge < -0.3 is 19.6 Å². The van der Waals surface area contributed by atoms with Crippen molar-refractivity contribution < 1.29 is 14.6 Å². The van der Waals surface area contributed by atoms with Crippen LogP contribution in [-0.4, -0.2) is 60.2 Å². The second kappa shape index (κ2) is 6.57. The van der Waals surface area contributed by atoms with Crippen molar-refractivity contribution in [2.24, 2.45) is 0 Å². The summed E-state index contributed by atoms with van der Waals surface area (Å²) in [6, 6.07) is 6.83. The summed E-state index contributed by atoms with van der Waals surface area (Å²) in [6.07, 6.45) is 2.13. The lowest BCUT2D eigenvalue weighted by atomic mass is 10.0. The zero-order valence-corrected chi connectivity index (χ0v) is 13.2. The van der Waals surface area contributed by atoms with Gasteiger partial charge in [0.1, 0.15) is 17.9 Å². The molecule has 6 nitrogen and oxygen atoms in total. The van der Waals surface area contributed by atoms with Gasteiger partial charge in [-0.25, -0.2) is 0 Å². The van der Waals surface area contributed by atoms with E-state index < -0.39 is 6.04 Å². The fourth-order valence-electron chi connectivity index (χ4n) is 3.25. The van der Waals surface area contributed by atoms with E-state index in [2.05, 4.69) is 18.0 Å². The highest BCUT2D eigenvalue weighted by Gasteiger charge is 2.36. The number of ether oxygens (including phenoxy) is 1. The molecule has 122 valence electrons. The van der Waals surface area contributed by atoms with Gasteiger partial charge in [-0.2, -0.15) is 5.26 Å². The maximum absolute atomic E-state index is 12.3. The highest BCUT2D eigenvalue weighted by atomic mass is 16.5. The van der Waals surface area contributed by atoms with Crippen LogP contribution in [0, 0.1) is 11.3 Å². The molecule has 2 heterocycles. The summed E-state index contributed by atoms with van der Waals surface area (Å²) in [5.74, 6) is 0.503. The lowest BCUT2D eigenvalue weighted by Crippen LogP contribution is -2.35. The molecular formula is C17H21N3O3. The van der Waals surface area contributed by atoms with Crippen molar-refractivity contribution in [1.82, 2.24) is 9.80 Å². The Hall–Kier alpha value is -2.10. The molecule has 1 fully saturated rings. The van der Waals surface area contributed by atoms with Crippen LogP contribution < -0.4 is 4.74 Å². The monoisotopic (exact) mass is 315 g/mol. The van der Waals surface area contributed by atoms with Crippen LogP contribution in [0.25, 0.3) is 0 Å². The van der Waals surface area contributed by atoms with E-state index in [4.69, 9.17) is 9.84 Å². The number of carbonyl (C=O) groups excluding carboxylic acids is 1. The van der Waals surface area contributed by atoms with Gasteiger partial charge in [-0.1, -0.05) is 0 Å². The van der Waals surface area contributed by atoms with Gasteiger partial charge in [0.25, 0.3) is 5.91 Å². The van der Waals surface area contributed by atoms with Crippen molar-refractivity contribution in [1.29, 1.82) is 5.26 Å². The molecule has 6 heteroatoms. The zero-order valence-electron chi connectivity index (χ0n) is 13.2. The number of likely N-dealkylation sites (tertiary alicyclic amines) is 1. The molecule has 2 aliphatic heterocycles. The molecule has 1 amide bonds. The number of β-amino-alcohol motifs (C(OH)–C–C–N with tert-alkyl or cyclic N) is 1. The largest absolute Gasteiger partial charge is 0.490 e. The van der Waals surface area contributed by atoms with Crippen LogP contribution in [-0.2, 0) is 0 Å². The Morgan fingerprint density at radius 3 is 2.78 bits per heavy atom. The third-order valence-corrected chi connectivity index (χ3v) is 4.55. The Morgan fingerprint density at radius 1 is 1.39 bits per heavy atom. The van der Waals surface area contributed by atoms with Crippen LogP contribution in [0.15, 0.2) is 18.2 Å². The number of nitrogens with zero attached hydrogens (tertiary/aromatic N) is 3. The van der Waals surface area contributed by atoms with E-state index in [0.717, 1.165) is 25.9 Å². The van der Waals surface area contributed by atoms with E-state index in [1.54, 1.807) is 18.2 Å². The van der Waals surface area contributed by atoms with Crippen molar-refractivity contribution in [3.8, 4) is 11.8 Å². The number of aliphatic hydroxyl groups is 1. The molecule has 1 unspecified atom stereocenters. The summed E-state index contributed by atoms with van der Waals surface area (Å²) in [4.78, 5) is 16.0. The predicted molar refractivity (Wildman–Crippen MR) is 84.1 cm³/mol. The Balaban J connectivity index is 1.79. The lowest BCUT2D eigenvalue weighted by Gasteiger charge is -2.29. The first-order chi connectivity index (χ1) is 11.1. The molecular weight excluding hydrogens is 294 g/mol. The minimum absolute atomic E-state index is 0.156. The molecule has 2 aliphatic rings. The van der Waals surface area contributed by atoms with Gasteiger partial charge in [0.2, 0.25) is 0 Å². The molecule has 1 saturated heterocycles. The Labute approximate surface area is 135 Å². The van der Waals surface area contributed by atoms with Crippen molar-refractivity contribution in [3.05, 3.63) is 29.3 Å². The fourth-order valence-corrected chi connectivity index (χ4v) is 3.25. The van der Waals surface area contributed by atoms with E-state index in [1.807, 2.05) is 0 Å². The summed E-state index contributed by atoms with van der Waals surface area (Å²) < 4.78 is 6.04. The van der Waals surface area contributed by atoms with Gasteiger partial charge in [-0.15, -0.1) is 0 Å². The number of hydrogen-bond donors (Lipinski definition) is 1. The number of benzene rings is 1. The van der Waals surface area contributed by atoms with Crippen LogP contribution >= 0.6 is 0 Å². The van der Waals surface area contributed by atoms with Gasteiger partial charge in [-0.3, -0.25) is 4.79 Å². The third-order valence-electron chi connectivity index (χ3n) is 4.55. The van der Waals surface area contributed by atoms with Gasteiger partial charge in [0, 0.05) is 30.8 Å². The second-order valence-corrected chi connectivity index (χ2v) is 6.12. The van der Waals surface area contributed by atoms with Crippen LogP contribution in [0.4, 0.5) is 0 Å². The Bertz CT molecular complexity index is 632. The number of carbonyl (C=O) groups is 1. The van der Waals surface area contributed by atoms with Crippen molar-refractivity contribution in [3.63, 3.8) is 0 Å². The van der Waals surface area contributed by atoms with E-state index in [9.17, 15) is 10.1 Å². The number of fused-ring (bicyclic) bond motifs is 1. The minimum atomic E-state index is -0.648. The highest BCUT2D eigenvalue weighted by Crippen LogP contribution is 2.35. The number of piperidine rings is 1. The van der Waals surface area contributed by atoms with Crippen LogP contribution in [0.2, 0.25) is 0 Å². The minimum Gasteiger partial charge on any atom is -0.490 e. The first kappa shape index (κ1) is 15.8. The van der Waals surface area contributed by atoms with Crippen molar-refractivity contribution in [2.75, 3.05) is 33.3 Å². The quantitative estimate of drug-likeness (QED) is 0.902. The number of amides is 1. The number of rotatable bonds is 4. The summed E-state index contributed by atoms with van der Waals surface area (Å²) >= 11 is 0. The molecule has 3 rings (SSSR count). The first-order valence-corrected chi connectivity index (χ1v) is 7.94. The molecule has 0 radical (unpaired) electrons. The summed E-state index contributed by atoms with van der Waals surface area (Å²) in [5.41, 5.74) is 1.21. The van der Waals surface area contributed by atoms with Crippen LogP contribution in [0.5, 0.6) is 5.75 Å². The normalized spacial score (nSPS) is 22.0. The van der Waals surface area contributed by atoms with Gasteiger partial charge >= 0.3 is 0 Å². The summed E-state index contributed by atoms with van der Waals surface area (Å²) in [5, 5.41) is 18.5. The molecule has 0 aromatic heterocycles. The van der Waals surface area contributed by atoms with E-state index in [-0.39, 0.29) is 25.2 Å². The van der Waals surface area contributed by atoms with Gasteiger partial charge in [-0.05, 0) is 38.1 Å². The average Bonchev–Trinajstić information content (AvgIpc) is 2.82. The lowest BCUT2D eigenvalue weighted by molar-refractivity contribution is 0.0721. The SMILES string of the molecule is CN1CCC(Oc2ccc3c(c2)C(C#N)N(CCO)C3=O)CC1. The van der Waals surface area contributed by atoms with Crippen LogP contribution in [0.1, 0.15) is 34.8 Å². The zero-order chi connectivity index (χ0) is 16.4. The molecule has 0 bridgehead atoms. The molecule has 23 heavy (non-hydrogen) atoms.